The Bertz CT molecular complexity index is 1000. The smallest absolute Gasteiger partial charge is 0.407 e. The van der Waals surface area contributed by atoms with E-state index in [1.54, 1.807) is 0 Å². The number of ether oxygens (including phenoxy) is 1. The summed E-state index contributed by atoms with van der Waals surface area (Å²) in [5.74, 6) is -1.61. The van der Waals surface area contributed by atoms with Gasteiger partial charge >= 0.3 is 12.1 Å². The average Bonchev–Trinajstić information content (AvgIpc) is 3.16. The highest BCUT2D eigenvalue weighted by Gasteiger charge is 2.30. The summed E-state index contributed by atoms with van der Waals surface area (Å²) in [6.07, 6.45) is 0.637. The molecule has 8 heteroatoms. The van der Waals surface area contributed by atoms with Crippen LogP contribution in [0.2, 0.25) is 0 Å². The van der Waals surface area contributed by atoms with E-state index in [0.29, 0.717) is 25.7 Å². The molecule has 0 bridgehead atoms. The minimum absolute atomic E-state index is 0.0113. The van der Waals surface area contributed by atoms with Gasteiger partial charge < -0.3 is 25.6 Å². The Morgan fingerprint density at radius 1 is 0.941 bits per heavy atom. The first kappa shape index (κ1) is 23.8. The number of alkyl carbamates (subject to hydrolysis) is 1. The van der Waals surface area contributed by atoms with Crippen molar-refractivity contribution in [2.24, 2.45) is 5.92 Å². The maximum Gasteiger partial charge on any atom is 0.407 e. The van der Waals surface area contributed by atoms with Crippen molar-refractivity contribution in [1.29, 1.82) is 0 Å². The molecule has 0 unspecified atom stereocenters. The molecule has 0 aromatic heterocycles. The van der Waals surface area contributed by atoms with E-state index < -0.39 is 18.2 Å². The number of aliphatic hydroxyl groups is 1. The van der Waals surface area contributed by atoms with E-state index in [4.69, 9.17) is 9.84 Å². The van der Waals surface area contributed by atoms with E-state index in [1.807, 2.05) is 24.3 Å². The highest BCUT2D eigenvalue weighted by Crippen LogP contribution is 2.44. The second-order valence-electron chi connectivity index (χ2n) is 8.95. The highest BCUT2D eigenvalue weighted by atomic mass is 16.5. The molecule has 0 spiro atoms. The minimum Gasteiger partial charge on any atom is -0.479 e. The molecule has 1 fully saturated rings. The van der Waals surface area contributed by atoms with Crippen LogP contribution in [0.5, 0.6) is 0 Å². The predicted molar refractivity (Wildman–Crippen MR) is 125 cm³/mol. The fourth-order valence-corrected chi connectivity index (χ4v) is 4.91. The van der Waals surface area contributed by atoms with Crippen LogP contribution >= 0.6 is 0 Å². The number of benzene rings is 2. The molecule has 4 rings (SSSR count). The molecule has 2 aliphatic carbocycles. The lowest BCUT2D eigenvalue weighted by atomic mass is 9.85. The summed E-state index contributed by atoms with van der Waals surface area (Å²) in [6, 6.07) is 16.3. The van der Waals surface area contributed by atoms with Crippen LogP contribution in [0, 0.1) is 5.92 Å². The fourth-order valence-electron chi connectivity index (χ4n) is 4.91. The topological polar surface area (TPSA) is 125 Å². The Hall–Kier alpha value is -3.39. The van der Waals surface area contributed by atoms with E-state index in [-0.39, 0.29) is 43.4 Å². The van der Waals surface area contributed by atoms with Gasteiger partial charge in [0.2, 0.25) is 5.91 Å². The van der Waals surface area contributed by atoms with Crippen LogP contribution in [0.15, 0.2) is 48.5 Å². The summed E-state index contributed by atoms with van der Waals surface area (Å²) in [5, 5.41) is 23.6. The van der Waals surface area contributed by atoms with E-state index >= 15 is 0 Å². The molecule has 0 heterocycles. The van der Waals surface area contributed by atoms with Crippen LogP contribution in [0.25, 0.3) is 11.1 Å². The van der Waals surface area contributed by atoms with E-state index in [0.717, 1.165) is 0 Å². The molecule has 2 amide bonds. The van der Waals surface area contributed by atoms with E-state index in [1.165, 1.54) is 22.3 Å². The normalized spacial score (nSPS) is 20.0. The fraction of sp³-hybridized carbons (Fsp3) is 0.423. The molecule has 2 aromatic rings. The Morgan fingerprint density at radius 3 is 2.12 bits per heavy atom. The summed E-state index contributed by atoms with van der Waals surface area (Å²) in [6.45, 7) is 0.379. The summed E-state index contributed by atoms with van der Waals surface area (Å²) >= 11 is 0. The molecule has 180 valence electrons. The zero-order valence-electron chi connectivity index (χ0n) is 18.9. The molecule has 2 aromatic carbocycles. The standard InChI is InChI=1S/C26H30N2O6/c29-23(25(31)32)13-14-27-24(30)16-9-11-17(12-10-16)28-26(33)34-15-22-20-7-3-1-5-18(20)19-6-2-4-8-21(19)22/h1-8,16-17,22-23,29H,9-15H2,(H,27,30)(H,28,33)(H,31,32)/t16?,17?,23-/m0/s1. The van der Waals surface area contributed by atoms with Gasteiger partial charge in [-0.05, 0) is 47.9 Å². The molecular weight excluding hydrogens is 436 g/mol. The van der Waals surface area contributed by atoms with Gasteiger partial charge in [-0.1, -0.05) is 48.5 Å². The number of aliphatic carboxylic acids is 1. The number of carbonyl (C=O) groups is 3. The average molecular weight is 467 g/mol. The lowest BCUT2D eigenvalue weighted by Gasteiger charge is -2.28. The predicted octanol–water partition coefficient (Wildman–Crippen LogP) is 3.04. The van der Waals surface area contributed by atoms with Crippen LogP contribution in [-0.2, 0) is 14.3 Å². The van der Waals surface area contributed by atoms with Gasteiger partial charge in [-0.15, -0.1) is 0 Å². The number of carbonyl (C=O) groups excluding carboxylic acids is 2. The summed E-state index contributed by atoms with van der Waals surface area (Å²) in [5.41, 5.74) is 4.69. The summed E-state index contributed by atoms with van der Waals surface area (Å²) in [7, 11) is 0. The number of amides is 2. The zero-order valence-corrected chi connectivity index (χ0v) is 18.9. The van der Waals surface area contributed by atoms with Gasteiger partial charge in [0.05, 0.1) is 0 Å². The van der Waals surface area contributed by atoms with Gasteiger partial charge in [-0.2, -0.15) is 0 Å². The Kier molecular flexibility index (Phi) is 7.47. The molecule has 0 aliphatic heterocycles. The van der Waals surface area contributed by atoms with E-state index in [2.05, 4.69) is 34.9 Å². The van der Waals surface area contributed by atoms with Gasteiger partial charge in [0.25, 0.3) is 0 Å². The van der Waals surface area contributed by atoms with Gasteiger partial charge in [-0.25, -0.2) is 9.59 Å². The van der Waals surface area contributed by atoms with Crippen LogP contribution in [0.4, 0.5) is 4.79 Å². The number of rotatable bonds is 8. The number of nitrogens with one attached hydrogen (secondary N) is 2. The number of hydrogen-bond donors (Lipinski definition) is 4. The lowest BCUT2D eigenvalue weighted by molar-refractivity contribution is -0.147. The molecule has 0 saturated heterocycles. The first-order valence-electron chi connectivity index (χ1n) is 11.7. The van der Waals surface area contributed by atoms with E-state index in [9.17, 15) is 19.5 Å². The summed E-state index contributed by atoms with van der Waals surface area (Å²) in [4.78, 5) is 35.4. The number of carboxylic acids is 1. The van der Waals surface area contributed by atoms with Gasteiger partial charge in [-0.3, -0.25) is 4.79 Å². The van der Waals surface area contributed by atoms with Crippen LogP contribution < -0.4 is 10.6 Å². The van der Waals surface area contributed by atoms with Crippen molar-refractivity contribution < 1.29 is 29.3 Å². The maximum absolute atomic E-state index is 12.5. The van der Waals surface area contributed by atoms with Crippen molar-refractivity contribution >= 4 is 18.0 Å². The van der Waals surface area contributed by atoms with Crippen molar-refractivity contribution in [2.75, 3.05) is 13.2 Å². The van der Waals surface area contributed by atoms with Crippen molar-refractivity contribution in [3.05, 3.63) is 59.7 Å². The SMILES string of the molecule is O=C(NC1CCC(C(=O)NCC[C@H](O)C(=O)O)CC1)OCC1c2ccccc2-c2ccccc21. The molecular formula is C26H30N2O6. The molecule has 1 saturated carbocycles. The first-order valence-corrected chi connectivity index (χ1v) is 11.7. The maximum atomic E-state index is 12.5. The van der Waals surface area contributed by atoms with Crippen molar-refractivity contribution in [3.8, 4) is 11.1 Å². The molecule has 2 aliphatic rings. The third-order valence-electron chi connectivity index (χ3n) is 6.77. The number of carboxylic acid groups (broad SMARTS) is 1. The van der Waals surface area contributed by atoms with Crippen LogP contribution in [0.3, 0.4) is 0 Å². The Labute approximate surface area is 198 Å². The monoisotopic (exact) mass is 466 g/mol. The molecule has 0 radical (unpaired) electrons. The number of fused-ring (bicyclic) bond motifs is 3. The molecule has 34 heavy (non-hydrogen) atoms. The lowest BCUT2D eigenvalue weighted by Crippen LogP contribution is -2.41. The molecule has 4 N–H and O–H groups in total. The van der Waals surface area contributed by atoms with Crippen molar-refractivity contribution in [2.45, 2.75) is 50.2 Å². The quantitative estimate of drug-likeness (QED) is 0.474. The van der Waals surface area contributed by atoms with Gasteiger partial charge in [0, 0.05) is 30.8 Å². The number of hydrogen-bond acceptors (Lipinski definition) is 5. The van der Waals surface area contributed by atoms with Gasteiger partial charge in [0.1, 0.15) is 6.61 Å². The van der Waals surface area contributed by atoms with Crippen LogP contribution in [-0.4, -0.2) is 53.5 Å². The largest absolute Gasteiger partial charge is 0.479 e. The molecule has 8 nitrogen and oxygen atoms in total. The summed E-state index contributed by atoms with van der Waals surface area (Å²) < 4.78 is 5.61. The van der Waals surface area contributed by atoms with Gasteiger partial charge in [0.15, 0.2) is 6.10 Å². The van der Waals surface area contributed by atoms with Crippen molar-refractivity contribution in [3.63, 3.8) is 0 Å². The Balaban J connectivity index is 1.21. The third-order valence-corrected chi connectivity index (χ3v) is 6.77. The molecule has 1 atom stereocenters. The van der Waals surface area contributed by atoms with Crippen molar-refractivity contribution in [1.82, 2.24) is 10.6 Å². The second kappa shape index (κ2) is 10.7. The third kappa shape index (κ3) is 5.39. The minimum atomic E-state index is -1.47. The van der Waals surface area contributed by atoms with Crippen LogP contribution in [0.1, 0.15) is 49.1 Å². The highest BCUT2D eigenvalue weighted by molar-refractivity contribution is 5.80. The Morgan fingerprint density at radius 2 is 1.53 bits per heavy atom. The first-order chi connectivity index (χ1) is 16.4. The second-order valence-corrected chi connectivity index (χ2v) is 8.95. The zero-order chi connectivity index (χ0) is 24.1. The number of aliphatic hydroxyl groups excluding tert-OH is 1.